The van der Waals surface area contributed by atoms with E-state index in [-0.39, 0.29) is 53.7 Å². The quantitative estimate of drug-likeness (QED) is 0.272. The van der Waals surface area contributed by atoms with Crippen molar-refractivity contribution in [3.63, 3.8) is 0 Å². The van der Waals surface area contributed by atoms with Gasteiger partial charge in [0.25, 0.3) is 15.9 Å². The number of amides is 3. The molecule has 13 heteroatoms. The molecule has 4 aromatic rings. The van der Waals surface area contributed by atoms with Crippen LogP contribution in [0.1, 0.15) is 24.2 Å². The number of nitrogens with zero attached hydrogens (tertiary/aromatic N) is 4. The molecular formula is C31H36N6O6S. The van der Waals surface area contributed by atoms with Crippen LogP contribution in [0.5, 0.6) is 5.75 Å². The Morgan fingerprint density at radius 1 is 1.14 bits per heavy atom. The fourth-order valence-electron chi connectivity index (χ4n) is 5.16. The van der Waals surface area contributed by atoms with Crippen molar-refractivity contribution >= 4 is 44.1 Å². The summed E-state index contributed by atoms with van der Waals surface area (Å²) in [5.41, 5.74) is 0.850. The number of carbonyl (C=O) groups excluding carboxylic acids is 2. The maximum absolute atomic E-state index is 13.7. The van der Waals surface area contributed by atoms with Gasteiger partial charge in [-0.2, -0.15) is 8.42 Å². The lowest BCUT2D eigenvalue weighted by Gasteiger charge is -2.38. The van der Waals surface area contributed by atoms with Crippen LogP contribution in [0.25, 0.3) is 10.8 Å². The molecule has 44 heavy (non-hydrogen) atoms. The molecule has 3 N–H and O–H groups in total. The van der Waals surface area contributed by atoms with E-state index in [9.17, 15) is 23.1 Å². The SMILES string of the molecule is C[C@@H]1CN([C@H](C)CO)C(=O)c2cccc(NS(=O)(=O)c3cn(C)cn3)c2O[C@@H]1CN(C)C(=O)Nc1cccc2ccccc12. The number of likely N-dealkylation sites (N-methyl/N-ethyl adjacent to an activating group) is 1. The number of para-hydroxylation sites is 1. The van der Waals surface area contributed by atoms with Crippen LogP contribution in [-0.4, -0.2) is 83.7 Å². The number of hydrogen-bond donors (Lipinski definition) is 3. The van der Waals surface area contributed by atoms with E-state index in [1.54, 1.807) is 38.1 Å². The van der Waals surface area contributed by atoms with Crippen molar-refractivity contribution in [1.29, 1.82) is 0 Å². The number of sulfonamides is 1. The average Bonchev–Trinajstić information content (AvgIpc) is 3.46. The number of anilines is 2. The Kier molecular flexibility index (Phi) is 8.79. The normalized spacial score (nSPS) is 17.7. The molecule has 1 aliphatic rings. The minimum atomic E-state index is -4.12. The number of ether oxygens (including phenoxy) is 1. The molecule has 1 aliphatic heterocycles. The number of carbonyl (C=O) groups is 2. The Hall–Kier alpha value is -4.62. The molecule has 0 fully saturated rings. The zero-order valence-corrected chi connectivity index (χ0v) is 25.8. The number of aliphatic hydroxyl groups is 1. The molecule has 0 saturated carbocycles. The smallest absolute Gasteiger partial charge is 0.321 e. The first-order valence-corrected chi connectivity index (χ1v) is 15.7. The van der Waals surface area contributed by atoms with E-state index >= 15 is 0 Å². The molecule has 0 aliphatic carbocycles. The number of rotatable bonds is 8. The number of aryl methyl sites for hydroxylation is 1. The van der Waals surface area contributed by atoms with Crippen molar-refractivity contribution in [2.24, 2.45) is 13.0 Å². The fourth-order valence-corrected chi connectivity index (χ4v) is 6.21. The van der Waals surface area contributed by atoms with E-state index < -0.39 is 28.1 Å². The van der Waals surface area contributed by atoms with Gasteiger partial charge in [0, 0.05) is 38.1 Å². The Balaban J connectivity index is 1.46. The fraction of sp³-hybridized carbons (Fsp3) is 0.323. The number of aromatic nitrogens is 2. The Labute approximate surface area is 256 Å². The van der Waals surface area contributed by atoms with Crippen molar-refractivity contribution in [2.45, 2.75) is 31.0 Å². The second-order valence-electron chi connectivity index (χ2n) is 11.1. The Morgan fingerprint density at radius 2 is 1.84 bits per heavy atom. The molecule has 0 bridgehead atoms. The molecule has 1 aromatic heterocycles. The van der Waals surface area contributed by atoms with Crippen molar-refractivity contribution in [2.75, 3.05) is 36.8 Å². The third-order valence-electron chi connectivity index (χ3n) is 7.72. The van der Waals surface area contributed by atoms with Gasteiger partial charge in [-0.3, -0.25) is 9.52 Å². The summed E-state index contributed by atoms with van der Waals surface area (Å²) in [5, 5.41) is 14.6. The molecule has 12 nitrogen and oxygen atoms in total. The Morgan fingerprint density at radius 3 is 2.57 bits per heavy atom. The van der Waals surface area contributed by atoms with Gasteiger partial charge in [0.15, 0.2) is 10.8 Å². The van der Waals surface area contributed by atoms with Crippen molar-refractivity contribution in [3.8, 4) is 5.75 Å². The van der Waals surface area contributed by atoms with Crippen LogP contribution in [0.2, 0.25) is 0 Å². The van der Waals surface area contributed by atoms with E-state index in [1.165, 1.54) is 28.1 Å². The van der Waals surface area contributed by atoms with Crippen LogP contribution >= 0.6 is 0 Å². The third-order valence-corrected chi connectivity index (χ3v) is 8.97. The van der Waals surface area contributed by atoms with Crippen LogP contribution in [0.4, 0.5) is 16.2 Å². The number of nitrogens with one attached hydrogen (secondary N) is 2. The Bertz CT molecular complexity index is 1790. The molecule has 0 spiro atoms. The van der Waals surface area contributed by atoms with Crippen molar-refractivity contribution in [3.05, 3.63) is 78.8 Å². The average molecular weight is 621 g/mol. The van der Waals surface area contributed by atoms with Crippen LogP contribution in [-0.2, 0) is 17.1 Å². The minimum absolute atomic E-state index is 0.0338. The highest BCUT2D eigenvalue weighted by Crippen LogP contribution is 2.36. The number of benzene rings is 3. The molecule has 2 heterocycles. The standard InChI is InChI=1S/C31H36N6O6S/c1-20-15-37(21(2)18-38)30(39)24-12-8-14-26(34-44(41,42)28-17-35(3)19-32-28)29(24)43-27(20)16-36(4)31(40)33-25-13-7-10-22-9-5-6-11-23(22)25/h5-14,17,19-21,27,34,38H,15-16,18H2,1-4H3,(H,33,40)/t20-,21-,27-/m1/s1. The lowest BCUT2D eigenvalue weighted by atomic mass is 9.99. The van der Waals surface area contributed by atoms with Gasteiger partial charge in [0.05, 0.1) is 42.5 Å². The number of aliphatic hydroxyl groups excluding tert-OH is 1. The maximum Gasteiger partial charge on any atom is 0.321 e. The third kappa shape index (κ3) is 6.33. The summed E-state index contributed by atoms with van der Waals surface area (Å²) in [7, 11) is -0.822. The molecule has 3 aromatic carbocycles. The highest BCUT2D eigenvalue weighted by molar-refractivity contribution is 7.92. The second-order valence-corrected chi connectivity index (χ2v) is 12.8. The van der Waals surface area contributed by atoms with Crippen molar-refractivity contribution in [1.82, 2.24) is 19.4 Å². The topological polar surface area (TPSA) is 146 Å². The highest BCUT2D eigenvalue weighted by atomic mass is 32.2. The first-order chi connectivity index (χ1) is 21.0. The van der Waals surface area contributed by atoms with E-state index in [0.29, 0.717) is 5.69 Å². The first-order valence-electron chi connectivity index (χ1n) is 14.2. The summed E-state index contributed by atoms with van der Waals surface area (Å²) in [6.07, 6.45) is 2.08. The monoisotopic (exact) mass is 620 g/mol. The first kappa shape index (κ1) is 30.8. The molecular weight excluding hydrogens is 584 g/mol. The summed E-state index contributed by atoms with van der Waals surface area (Å²) >= 11 is 0. The highest BCUT2D eigenvalue weighted by Gasteiger charge is 2.35. The van der Waals surface area contributed by atoms with Crippen LogP contribution in [0.15, 0.2) is 78.2 Å². The van der Waals surface area contributed by atoms with E-state index in [4.69, 9.17) is 4.74 Å². The summed E-state index contributed by atoms with van der Waals surface area (Å²) < 4.78 is 36.9. The minimum Gasteiger partial charge on any atom is -0.485 e. The number of fused-ring (bicyclic) bond motifs is 2. The summed E-state index contributed by atoms with van der Waals surface area (Å²) in [6, 6.07) is 17.2. The summed E-state index contributed by atoms with van der Waals surface area (Å²) in [6.45, 7) is 3.72. The number of hydrogen-bond acceptors (Lipinski definition) is 7. The van der Waals surface area contributed by atoms with Gasteiger partial charge in [-0.25, -0.2) is 9.78 Å². The molecule has 3 amide bonds. The zero-order valence-electron chi connectivity index (χ0n) is 25.0. The van der Waals surface area contributed by atoms with E-state index in [0.717, 1.165) is 10.8 Å². The molecule has 232 valence electrons. The zero-order chi connectivity index (χ0) is 31.6. The molecule has 0 saturated heterocycles. The predicted molar refractivity (Wildman–Crippen MR) is 167 cm³/mol. The van der Waals surface area contributed by atoms with Gasteiger partial charge >= 0.3 is 6.03 Å². The second kappa shape index (κ2) is 12.5. The number of imidazole rings is 1. The van der Waals surface area contributed by atoms with Gasteiger partial charge in [0.1, 0.15) is 6.10 Å². The summed E-state index contributed by atoms with van der Waals surface area (Å²) in [5.74, 6) is -0.686. The number of urea groups is 1. The summed E-state index contributed by atoms with van der Waals surface area (Å²) in [4.78, 5) is 34.1. The maximum atomic E-state index is 13.7. The predicted octanol–water partition coefficient (Wildman–Crippen LogP) is 3.76. The van der Waals surface area contributed by atoms with E-state index in [2.05, 4.69) is 15.0 Å². The molecule has 3 atom stereocenters. The largest absolute Gasteiger partial charge is 0.485 e. The molecule has 5 rings (SSSR count). The lowest BCUT2D eigenvalue weighted by Crippen LogP contribution is -2.50. The van der Waals surface area contributed by atoms with Crippen LogP contribution in [0.3, 0.4) is 0 Å². The van der Waals surface area contributed by atoms with Gasteiger partial charge in [-0.1, -0.05) is 49.4 Å². The van der Waals surface area contributed by atoms with E-state index in [1.807, 2.05) is 49.4 Å². The van der Waals surface area contributed by atoms with Gasteiger partial charge in [0.2, 0.25) is 0 Å². The van der Waals surface area contributed by atoms with Crippen LogP contribution < -0.4 is 14.8 Å². The van der Waals surface area contributed by atoms with Gasteiger partial charge < -0.3 is 29.5 Å². The lowest BCUT2D eigenvalue weighted by molar-refractivity contribution is 0.0373. The van der Waals surface area contributed by atoms with Crippen molar-refractivity contribution < 1.29 is 27.9 Å². The molecule has 0 unspecified atom stereocenters. The van der Waals surface area contributed by atoms with Crippen LogP contribution in [0, 0.1) is 5.92 Å². The van der Waals surface area contributed by atoms with Gasteiger partial charge in [-0.05, 0) is 30.5 Å². The van der Waals surface area contributed by atoms with Gasteiger partial charge in [-0.15, -0.1) is 0 Å². The molecule has 0 radical (unpaired) electrons.